The van der Waals surface area contributed by atoms with Gasteiger partial charge in [0.25, 0.3) is 0 Å². The summed E-state index contributed by atoms with van der Waals surface area (Å²) in [5, 5.41) is 8.79. The third kappa shape index (κ3) is 3.25. The van der Waals surface area contributed by atoms with Crippen molar-refractivity contribution in [2.45, 2.75) is 25.8 Å². The number of aromatic nitrogens is 3. The Bertz CT molecular complexity index is 691. The van der Waals surface area contributed by atoms with Gasteiger partial charge in [0.1, 0.15) is 0 Å². The number of hydrogen-bond acceptors (Lipinski definition) is 5. The van der Waals surface area contributed by atoms with Gasteiger partial charge in [-0.2, -0.15) is 0 Å². The molecule has 4 nitrogen and oxygen atoms in total. The quantitative estimate of drug-likeness (QED) is 0.758. The van der Waals surface area contributed by atoms with Crippen LogP contribution in [0.25, 0.3) is 10.9 Å². The molecule has 0 spiro atoms. The van der Waals surface area contributed by atoms with Crippen LogP contribution in [-0.4, -0.2) is 21.1 Å². The monoisotopic (exact) mass is 298 g/mol. The molecule has 1 atom stereocenters. The molecular formula is C16H18N4S. The van der Waals surface area contributed by atoms with Crippen LogP contribution >= 0.6 is 11.5 Å². The molecule has 0 fully saturated rings. The van der Waals surface area contributed by atoms with Crippen molar-refractivity contribution in [2.24, 2.45) is 0 Å². The molecule has 2 heterocycles. The Kier molecular flexibility index (Phi) is 4.52. The summed E-state index contributed by atoms with van der Waals surface area (Å²) in [5.41, 5.74) is 2.36. The van der Waals surface area contributed by atoms with E-state index in [0.717, 1.165) is 24.9 Å². The van der Waals surface area contributed by atoms with Crippen LogP contribution in [0.15, 0.2) is 42.7 Å². The number of fused-ring (bicyclic) bond motifs is 1. The first-order valence-electron chi connectivity index (χ1n) is 7.21. The van der Waals surface area contributed by atoms with Crippen LogP contribution in [0.5, 0.6) is 0 Å². The van der Waals surface area contributed by atoms with Crippen LogP contribution in [-0.2, 0) is 6.42 Å². The van der Waals surface area contributed by atoms with E-state index < -0.39 is 0 Å². The van der Waals surface area contributed by atoms with Crippen molar-refractivity contribution in [2.75, 3.05) is 6.54 Å². The number of para-hydroxylation sites is 1. The summed E-state index contributed by atoms with van der Waals surface area (Å²) in [7, 11) is 0. The summed E-state index contributed by atoms with van der Waals surface area (Å²) >= 11 is 1.47. The molecule has 0 radical (unpaired) electrons. The highest BCUT2D eigenvalue weighted by molar-refractivity contribution is 7.05. The predicted octanol–water partition coefficient (Wildman–Crippen LogP) is 3.37. The van der Waals surface area contributed by atoms with Crippen LogP contribution in [0.2, 0.25) is 0 Å². The third-order valence-corrected chi connectivity index (χ3v) is 4.30. The minimum Gasteiger partial charge on any atom is -0.309 e. The molecular weight excluding hydrogens is 280 g/mol. The number of hydrogen-bond donors (Lipinski definition) is 1. The van der Waals surface area contributed by atoms with Crippen molar-refractivity contribution in [1.29, 1.82) is 0 Å². The van der Waals surface area contributed by atoms with Crippen LogP contribution in [0, 0.1) is 0 Å². The van der Waals surface area contributed by atoms with E-state index in [-0.39, 0.29) is 6.04 Å². The maximum Gasteiger partial charge on any atom is 0.0704 e. The zero-order chi connectivity index (χ0) is 14.5. The van der Waals surface area contributed by atoms with Crippen LogP contribution in [0.4, 0.5) is 0 Å². The highest BCUT2D eigenvalue weighted by Crippen LogP contribution is 2.24. The Labute approximate surface area is 128 Å². The molecule has 3 aromatic rings. The molecule has 0 bridgehead atoms. The summed E-state index contributed by atoms with van der Waals surface area (Å²) in [6, 6.07) is 10.7. The lowest BCUT2D eigenvalue weighted by Gasteiger charge is -2.17. The van der Waals surface area contributed by atoms with E-state index in [1.807, 2.05) is 18.5 Å². The lowest BCUT2D eigenvalue weighted by atomic mass is 10.0. The second-order valence-electron chi connectivity index (χ2n) is 5.02. The smallest absolute Gasteiger partial charge is 0.0704 e. The number of benzene rings is 1. The topological polar surface area (TPSA) is 50.7 Å². The van der Waals surface area contributed by atoms with Gasteiger partial charge in [0.15, 0.2) is 0 Å². The third-order valence-electron chi connectivity index (χ3n) is 3.53. The summed E-state index contributed by atoms with van der Waals surface area (Å²) in [6.45, 7) is 3.17. The molecule has 108 valence electrons. The van der Waals surface area contributed by atoms with E-state index >= 15 is 0 Å². The minimum atomic E-state index is 0.260. The van der Waals surface area contributed by atoms with Crippen molar-refractivity contribution in [1.82, 2.24) is 19.9 Å². The average molecular weight is 298 g/mol. The number of nitrogens with zero attached hydrogens (tertiary/aromatic N) is 3. The average Bonchev–Trinajstić information content (AvgIpc) is 3.06. The first kappa shape index (κ1) is 14.1. The van der Waals surface area contributed by atoms with E-state index in [0.29, 0.717) is 0 Å². The van der Waals surface area contributed by atoms with Crippen molar-refractivity contribution in [3.63, 3.8) is 0 Å². The summed E-state index contributed by atoms with van der Waals surface area (Å²) in [4.78, 5) is 5.62. The number of pyridine rings is 1. The van der Waals surface area contributed by atoms with Gasteiger partial charge in [-0.25, -0.2) is 0 Å². The fourth-order valence-electron chi connectivity index (χ4n) is 2.47. The van der Waals surface area contributed by atoms with E-state index in [1.165, 1.54) is 27.4 Å². The molecule has 0 amide bonds. The zero-order valence-electron chi connectivity index (χ0n) is 12.0. The molecule has 0 aliphatic heterocycles. The predicted molar refractivity (Wildman–Crippen MR) is 86.4 cm³/mol. The van der Waals surface area contributed by atoms with Gasteiger partial charge >= 0.3 is 0 Å². The molecule has 3 rings (SSSR count). The molecule has 0 aliphatic carbocycles. The largest absolute Gasteiger partial charge is 0.309 e. The van der Waals surface area contributed by atoms with Crippen LogP contribution in [0.3, 0.4) is 0 Å². The molecule has 2 aromatic heterocycles. The second-order valence-corrected chi connectivity index (χ2v) is 5.84. The Morgan fingerprint density at radius 2 is 2.14 bits per heavy atom. The van der Waals surface area contributed by atoms with Gasteiger partial charge in [-0.05, 0) is 48.6 Å². The van der Waals surface area contributed by atoms with Crippen LogP contribution < -0.4 is 5.32 Å². The van der Waals surface area contributed by atoms with Gasteiger partial charge in [0.05, 0.1) is 16.6 Å². The van der Waals surface area contributed by atoms with E-state index in [9.17, 15) is 0 Å². The van der Waals surface area contributed by atoms with Gasteiger partial charge in [-0.3, -0.25) is 4.98 Å². The Morgan fingerprint density at radius 3 is 2.95 bits per heavy atom. The fraction of sp³-hybridized carbons (Fsp3) is 0.312. The summed E-state index contributed by atoms with van der Waals surface area (Å²) < 4.78 is 3.99. The van der Waals surface area contributed by atoms with Crippen LogP contribution in [0.1, 0.15) is 29.8 Å². The van der Waals surface area contributed by atoms with Crippen molar-refractivity contribution in [3.8, 4) is 0 Å². The van der Waals surface area contributed by atoms with Crippen molar-refractivity contribution < 1.29 is 0 Å². The highest BCUT2D eigenvalue weighted by atomic mass is 32.1. The molecule has 0 saturated heterocycles. The second kappa shape index (κ2) is 6.74. The normalized spacial score (nSPS) is 12.6. The Hall–Kier alpha value is -1.85. The summed E-state index contributed by atoms with van der Waals surface area (Å²) in [5.74, 6) is 0. The molecule has 1 aromatic carbocycles. The fourth-order valence-corrected chi connectivity index (χ4v) is 3.05. The lowest BCUT2D eigenvalue weighted by molar-refractivity contribution is 0.537. The van der Waals surface area contributed by atoms with Gasteiger partial charge in [-0.1, -0.05) is 29.6 Å². The van der Waals surface area contributed by atoms with E-state index in [4.69, 9.17) is 0 Å². The van der Waals surface area contributed by atoms with E-state index in [1.54, 1.807) is 0 Å². The van der Waals surface area contributed by atoms with Gasteiger partial charge in [0.2, 0.25) is 0 Å². The van der Waals surface area contributed by atoms with Gasteiger partial charge in [-0.15, -0.1) is 5.10 Å². The molecule has 1 N–H and O–H groups in total. The highest BCUT2D eigenvalue weighted by Gasteiger charge is 2.15. The first-order chi connectivity index (χ1) is 10.4. The van der Waals surface area contributed by atoms with Gasteiger partial charge < -0.3 is 5.32 Å². The SMILES string of the molecule is CCCNC(Cc1ccnc2ccccc12)c1cnns1. The molecule has 21 heavy (non-hydrogen) atoms. The zero-order valence-corrected chi connectivity index (χ0v) is 12.8. The van der Waals surface area contributed by atoms with Crippen molar-refractivity contribution in [3.05, 3.63) is 53.2 Å². The maximum absolute atomic E-state index is 4.43. The maximum atomic E-state index is 4.43. The Balaban J connectivity index is 1.90. The number of nitrogens with one attached hydrogen (secondary N) is 1. The van der Waals surface area contributed by atoms with E-state index in [2.05, 4.69) is 51.1 Å². The molecule has 5 heteroatoms. The first-order valence-corrected chi connectivity index (χ1v) is 7.99. The molecule has 0 aliphatic rings. The minimum absolute atomic E-state index is 0.260. The Morgan fingerprint density at radius 1 is 1.24 bits per heavy atom. The lowest BCUT2D eigenvalue weighted by Crippen LogP contribution is -2.23. The standard InChI is InChI=1S/C16H18N4S/c1-2-8-17-15(16-11-19-20-21-16)10-12-7-9-18-14-6-4-3-5-13(12)14/h3-7,9,11,15,17H,2,8,10H2,1H3. The molecule has 1 unspecified atom stereocenters. The van der Waals surface area contributed by atoms with Gasteiger partial charge in [0, 0.05) is 17.6 Å². The van der Waals surface area contributed by atoms with Crippen molar-refractivity contribution >= 4 is 22.4 Å². The number of rotatable bonds is 6. The molecule has 0 saturated carbocycles. The summed E-state index contributed by atoms with van der Waals surface area (Å²) in [6.07, 6.45) is 5.79.